The number of alkyl halides is 1. The van der Waals surface area contributed by atoms with Crippen LogP contribution in [0.25, 0.3) is 0 Å². The van der Waals surface area contributed by atoms with Crippen LogP contribution in [-0.4, -0.2) is 9.81 Å². The van der Waals surface area contributed by atoms with Crippen molar-refractivity contribution in [3.8, 4) is 0 Å². The lowest BCUT2D eigenvalue weighted by Crippen LogP contribution is -2.17. The Balaban J connectivity index is 1.92. The molecular formula is C14H20BrN. The third kappa shape index (κ3) is 3.31. The van der Waals surface area contributed by atoms with E-state index < -0.39 is 0 Å². The van der Waals surface area contributed by atoms with Gasteiger partial charge in [0.1, 0.15) is 0 Å². The van der Waals surface area contributed by atoms with Gasteiger partial charge in [-0.25, -0.2) is 0 Å². The Morgan fingerprint density at radius 3 is 2.88 bits per heavy atom. The van der Waals surface area contributed by atoms with Crippen molar-refractivity contribution in [1.82, 2.24) is 4.98 Å². The summed E-state index contributed by atoms with van der Waals surface area (Å²) < 4.78 is 0. The molecular weight excluding hydrogens is 262 g/mol. The SMILES string of the molecule is CCc1ccc(CC2CCCC(Br)C2)nc1. The lowest BCUT2D eigenvalue weighted by molar-refractivity contribution is 0.365. The predicted molar refractivity (Wildman–Crippen MR) is 72.0 cm³/mol. The fraction of sp³-hybridized carbons (Fsp3) is 0.643. The highest BCUT2D eigenvalue weighted by Gasteiger charge is 2.20. The van der Waals surface area contributed by atoms with Crippen LogP contribution in [-0.2, 0) is 12.8 Å². The third-order valence-electron chi connectivity index (χ3n) is 3.51. The average Bonchev–Trinajstić information content (AvgIpc) is 2.30. The Labute approximate surface area is 107 Å². The number of hydrogen-bond acceptors (Lipinski definition) is 1. The minimum Gasteiger partial charge on any atom is -0.261 e. The first-order valence-corrected chi connectivity index (χ1v) is 7.27. The summed E-state index contributed by atoms with van der Waals surface area (Å²) in [7, 11) is 0. The van der Waals surface area contributed by atoms with E-state index in [0.717, 1.165) is 23.6 Å². The largest absolute Gasteiger partial charge is 0.261 e. The number of nitrogens with zero attached hydrogens (tertiary/aromatic N) is 1. The molecule has 0 bridgehead atoms. The predicted octanol–water partition coefficient (Wildman–Crippen LogP) is 4.14. The van der Waals surface area contributed by atoms with Crippen LogP contribution >= 0.6 is 15.9 Å². The molecule has 0 saturated heterocycles. The third-order valence-corrected chi connectivity index (χ3v) is 4.34. The van der Waals surface area contributed by atoms with Gasteiger partial charge in [0, 0.05) is 16.7 Å². The Bertz CT molecular complexity index is 320. The first-order valence-electron chi connectivity index (χ1n) is 6.35. The highest BCUT2D eigenvalue weighted by atomic mass is 79.9. The van der Waals surface area contributed by atoms with Gasteiger partial charge in [-0.1, -0.05) is 35.3 Å². The zero-order valence-electron chi connectivity index (χ0n) is 9.95. The zero-order chi connectivity index (χ0) is 11.4. The lowest BCUT2D eigenvalue weighted by atomic mass is 9.86. The molecule has 1 nitrogen and oxygen atoms in total. The molecule has 0 N–H and O–H groups in total. The van der Waals surface area contributed by atoms with Gasteiger partial charge >= 0.3 is 0 Å². The number of aryl methyl sites for hydroxylation is 1. The summed E-state index contributed by atoms with van der Waals surface area (Å²) in [6, 6.07) is 4.42. The summed E-state index contributed by atoms with van der Waals surface area (Å²) in [6.07, 6.45) is 9.68. The van der Waals surface area contributed by atoms with Crippen LogP contribution < -0.4 is 0 Å². The van der Waals surface area contributed by atoms with Gasteiger partial charge in [-0.2, -0.15) is 0 Å². The van der Waals surface area contributed by atoms with Crippen molar-refractivity contribution in [1.29, 1.82) is 0 Å². The van der Waals surface area contributed by atoms with Crippen LogP contribution in [0.1, 0.15) is 43.9 Å². The standard InChI is InChI=1S/C14H20BrN/c1-2-11-6-7-14(16-10-11)9-12-4-3-5-13(15)8-12/h6-7,10,12-13H,2-5,8-9H2,1H3. The van der Waals surface area contributed by atoms with Crippen molar-refractivity contribution in [2.45, 2.75) is 50.3 Å². The Morgan fingerprint density at radius 1 is 1.38 bits per heavy atom. The maximum Gasteiger partial charge on any atom is 0.0406 e. The fourth-order valence-electron chi connectivity index (χ4n) is 2.49. The lowest BCUT2D eigenvalue weighted by Gasteiger charge is -2.25. The summed E-state index contributed by atoms with van der Waals surface area (Å²) in [5.41, 5.74) is 2.61. The van der Waals surface area contributed by atoms with Crippen LogP contribution in [0.2, 0.25) is 0 Å². The molecule has 1 aliphatic carbocycles. The molecule has 88 valence electrons. The van der Waals surface area contributed by atoms with Crippen molar-refractivity contribution < 1.29 is 0 Å². The molecule has 2 rings (SSSR count). The molecule has 16 heavy (non-hydrogen) atoms. The molecule has 0 amide bonds. The highest BCUT2D eigenvalue weighted by molar-refractivity contribution is 9.09. The quantitative estimate of drug-likeness (QED) is 0.759. The molecule has 1 fully saturated rings. The van der Waals surface area contributed by atoms with E-state index in [1.807, 2.05) is 6.20 Å². The fourth-order valence-corrected chi connectivity index (χ4v) is 3.34. The van der Waals surface area contributed by atoms with E-state index in [9.17, 15) is 0 Å². The number of rotatable bonds is 3. The van der Waals surface area contributed by atoms with Crippen molar-refractivity contribution in [3.05, 3.63) is 29.6 Å². The van der Waals surface area contributed by atoms with E-state index in [-0.39, 0.29) is 0 Å². The van der Waals surface area contributed by atoms with Crippen LogP contribution in [0.5, 0.6) is 0 Å². The number of hydrogen-bond donors (Lipinski definition) is 0. The van der Waals surface area contributed by atoms with Crippen molar-refractivity contribution >= 4 is 15.9 Å². The van der Waals surface area contributed by atoms with Crippen molar-refractivity contribution in [2.24, 2.45) is 5.92 Å². The second kappa shape index (κ2) is 5.81. The van der Waals surface area contributed by atoms with E-state index in [4.69, 9.17) is 0 Å². The Morgan fingerprint density at radius 2 is 2.25 bits per heavy atom. The highest BCUT2D eigenvalue weighted by Crippen LogP contribution is 2.30. The van der Waals surface area contributed by atoms with Gasteiger partial charge in [0.25, 0.3) is 0 Å². The molecule has 0 aliphatic heterocycles. The van der Waals surface area contributed by atoms with Gasteiger partial charge < -0.3 is 0 Å². The second-order valence-corrected chi connectivity index (χ2v) is 6.14. The molecule has 2 atom stereocenters. The first kappa shape index (κ1) is 12.1. The molecule has 1 heterocycles. The maximum absolute atomic E-state index is 4.55. The van der Waals surface area contributed by atoms with E-state index in [0.29, 0.717) is 0 Å². The van der Waals surface area contributed by atoms with Gasteiger partial charge in [-0.15, -0.1) is 0 Å². The average molecular weight is 282 g/mol. The number of pyridine rings is 1. The summed E-state index contributed by atoms with van der Waals surface area (Å²) in [5.74, 6) is 0.832. The molecule has 2 heteroatoms. The molecule has 0 spiro atoms. The first-order chi connectivity index (χ1) is 7.78. The van der Waals surface area contributed by atoms with E-state index in [2.05, 4.69) is 40.0 Å². The zero-order valence-corrected chi connectivity index (χ0v) is 11.5. The molecule has 1 aliphatic rings. The van der Waals surface area contributed by atoms with Gasteiger partial charge in [-0.3, -0.25) is 4.98 Å². The van der Waals surface area contributed by atoms with Crippen LogP contribution in [0.3, 0.4) is 0 Å². The van der Waals surface area contributed by atoms with Gasteiger partial charge in [0.05, 0.1) is 0 Å². The van der Waals surface area contributed by atoms with E-state index in [1.54, 1.807) is 0 Å². The van der Waals surface area contributed by atoms with Crippen LogP contribution in [0, 0.1) is 5.92 Å². The molecule has 0 radical (unpaired) electrons. The van der Waals surface area contributed by atoms with Gasteiger partial charge in [0.15, 0.2) is 0 Å². The molecule has 0 aromatic carbocycles. The summed E-state index contributed by atoms with van der Waals surface area (Å²) in [4.78, 5) is 5.29. The van der Waals surface area contributed by atoms with E-state index in [1.165, 1.54) is 36.9 Å². The minimum atomic E-state index is 0.737. The topological polar surface area (TPSA) is 12.9 Å². The molecule has 1 aromatic heterocycles. The summed E-state index contributed by atoms with van der Waals surface area (Å²) >= 11 is 3.74. The molecule has 2 unspecified atom stereocenters. The molecule has 1 saturated carbocycles. The molecule has 1 aromatic rings. The van der Waals surface area contributed by atoms with Gasteiger partial charge in [-0.05, 0) is 49.7 Å². The number of halogens is 1. The minimum absolute atomic E-state index is 0.737. The smallest absolute Gasteiger partial charge is 0.0406 e. The normalized spacial score (nSPS) is 25.6. The van der Waals surface area contributed by atoms with Crippen LogP contribution in [0.4, 0.5) is 0 Å². The monoisotopic (exact) mass is 281 g/mol. The van der Waals surface area contributed by atoms with Crippen molar-refractivity contribution in [2.75, 3.05) is 0 Å². The Kier molecular flexibility index (Phi) is 4.39. The van der Waals surface area contributed by atoms with Crippen LogP contribution in [0.15, 0.2) is 18.3 Å². The second-order valence-electron chi connectivity index (χ2n) is 4.85. The van der Waals surface area contributed by atoms with E-state index >= 15 is 0 Å². The summed E-state index contributed by atoms with van der Waals surface area (Å²) in [5, 5.41) is 0. The van der Waals surface area contributed by atoms with Crippen molar-refractivity contribution in [3.63, 3.8) is 0 Å². The summed E-state index contributed by atoms with van der Waals surface area (Å²) in [6.45, 7) is 2.17. The Hall–Kier alpha value is -0.370. The number of aromatic nitrogens is 1. The van der Waals surface area contributed by atoms with Gasteiger partial charge in [0.2, 0.25) is 0 Å². The maximum atomic E-state index is 4.55.